The number of nitrogens with one attached hydrogen (secondary N) is 1. The molecule has 3 heterocycles. The first kappa shape index (κ1) is 18.8. The number of aromatic nitrogens is 3. The number of hydrogen-bond acceptors (Lipinski definition) is 6. The predicted octanol–water partition coefficient (Wildman–Crippen LogP) is 2.98. The highest BCUT2D eigenvalue weighted by Gasteiger charge is 2.29. The van der Waals surface area contributed by atoms with Crippen LogP contribution in [0.2, 0.25) is 0 Å². The Morgan fingerprint density at radius 1 is 1.33 bits per heavy atom. The van der Waals surface area contributed by atoms with Crippen molar-refractivity contribution in [3.8, 4) is 0 Å². The third-order valence-corrected chi connectivity index (χ3v) is 7.91. The molecular formula is C18H24N4O3S2. The summed E-state index contributed by atoms with van der Waals surface area (Å²) >= 11 is 1.64. The second kappa shape index (κ2) is 7.12. The molecule has 0 radical (unpaired) electrons. The molecular weight excluding hydrogens is 384 g/mol. The number of pyridine rings is 1. The van der Waals surface area contributed by atoms with E-state index in [-0.39, 0.29) is 17.7 Å². The maximum atomic E-state index is 11.8. The Hall–Kier alpha value is -1.55. The summed E-state index contributed by atoms with van der Waals surface area (Å²) in [6.45, 7) is 1.74. The van der Waals surface area contributed by atoms with E-state index < -0.39 is 16.1 Å². The second-order valence-corrected chi connectivity index (χ2v) is 10.2. The predicted molar refractivity (Wildman–Crippen MR) is 107 cm³/mol. The van der Waals surface area contributed by atoms with Gasteiger partial charge in [0.05, 0.1) is 27.7 Å². The van der Waals surface area contributed by atoms with E-state index in [0.29, 0.717) is 5.82 Å². The zero-order valence-corrected chi connectivity index (χ0v) is 17.1. The van der Waals surface area contributed by atoms with Crippen LogP contribution in [0.1, 0.15) is 50.6 Å². The summed E-state index contributed by atoms with van der Waals surface area (Å²) in [5.74, 6) is 1.02. The van der Waals surface area contributed by atoms with Gasteiger partial charge >= 0.3 is 0 Å². The molecule has 3 aromatic rings. The summed E-state index contributed by atoms with van der Waals surface area (Å²) in [6.07, 6.45) is 4.56. The summed E-state index contributed by atoms with van der Waals surface area (Å²) in [6, 6.07) is 2.21. The fourth-order valence-corrected chi connectivity index (χ4v) is 6.13. The van der Waals surface area contributed by atoms with E-state index in [4.69, 9.17) is 0 Å². The van der Waals surface area contributed by atoms with E-state index in [1.807, 2.05) is 11.4 Å². The molecule has 1 aliphatic carbocycles. The standard InChI is InChI=1S/C18H24N4O3S2/c1-11(23)18-21-15-9-20-14-7-8-26-17(14)16(15)22(18)13-5-3-12(4-6-13)10-27(24,25)19-2/h7-9,11-13,19,23H,3-6,10H2,1-2H3/t11-,12?,13?/m1/s1. The lowest BCUT2D eigenvalue weighted by molar-refractivity contribution is 0.176. The van der Waals surface area contributed by atoms with Crippen LogP contribution in [-0.2, 0) is 10.0 Å². The number of hydrogen-bond donors (Lipinski definition) is 2. The van der Waals surface area contributed by atoms with Gasteiger partial charge in [-0.05, 0) is 57.0 Å². The molecule has 1 fully saturated rings. The number of nitrogens with zero attached hydrogens (tertiary/aromatic N) is 3. The maximum Gasteiger partial charge on any atom is 0.211 e. The molecule has 7 nitrogen and oxygen atoms in total. The summed E-state index contributed by atoms with van der Waals surface area (Å²) < 4.78 is 29.4. The zero-order valence-electron chi connectivity index (χ0n) is 15.4. The SMILES string of the molecule is CNS(=O)(=O)CC1CCC(n2c([C@@H](C)O)nc3cnc4ccsc4c32)CC1. The minimum atomic E-state index is -3.18. The molecule has 2 N–H and O–H groups in total. The van der Waals surface area contributed by atoms with E-state index in [1.165, 1.54) is 7.05 Å². The highest BCUT2D eigenvalue weighted by molar-refractivity contribution is 7.89. The molecule has 0 saturated heterocycles. The molecule has 27 heavy (non-hydrogen) atoms. The number of aliphatic hydroxyl groups excluding tert-OH is 1. The summed E-state index contributed by atoms with van der Waals surface area (Å²) in [7, 11) is -1.72. The summed E-state index contributed by atoms with van der Waals surface area (Å²) in [5.41, 5.74) is 2.79. The average Bonchev–Trinajstić information content (AvgIpc) is 3.26. The van der Waals surface area contributed by atoms with Gasteiger partial charge in [-0.3, -0.25) is 4.98 Å². The molecule has 0 bridgehead atoms. The van der Waals surface area contributed by atoms with Crippen LogP contribution in [0.15, 0.2) is 17.6 Å². The lowest BCUT2D eigenvalue weighted by Gasteiger charge is -2.31. The van der Waals surface area contributed by atoms with Crippen LogP contribution >= 0.6 is 11.3 Å². The van der Waals surface area contributed by atoms with E-state index in [1.54, 1.807) is 24.5 Å². The number of sulfonamides is 1. The Morgan fingerprint density at radius 3 is 2.74 bits per heavy atom. The first-order valence-electron chi connectivity index (χ1n) is 9.23. The molecule has 0 aliphatic heterocycles. The monoisotopic (exact) mass is 408 g/mol. The van der Waals surface area contributed by atoms with Gasteiger partial charge in [0.15, 0.2) is 0 Å². The Bertz CT molecular complexity index is 1060. The molecule has 0 unspecified atom stereocenters. The van der Waals surface area contributed by atoms with Gasteiger partial charge in [-0.15, -0.1) is 11.3 Å². The van der Waals surface area contributed by atoms with Gasteiger partial charge in [0.1, 0.15) is 17.4 Å². The maximum absolute atomic E-state index is 11.8. The van der Waals surface area contributed by atoms with Crippen LogP contribution in [0.4, 0.5) is 0 Å². The third-order valence-electron chi connectivity index (χ3n) is 5.47. The highest BCUT2D eigenvalue weighted by Crippen LogP contribution is 2.39. The minimum Gasteiger partial charge on any atom is -0.385 e. The van der Waals surface area contributed by atoms with Gasteiger partial charge in [-0.2, -0.15) is 0 Å². The number of imidazole rings is 1. The topological polar surface area (TPSA) is 97.1 Å². The van der Waals surface area contributed by atoms with E-state index in [9.17, 15) is 13.5 Å². The van der Waals surface area contributed by atoms with Crippen molar-refractivity contribution in [2.75, 3.05) is 12.8 Å². The van der Waals surface area contributed by atoms with Gasteiger partial charge in [0.25, 0.3) is 0 Å². The molecule has 1 saturated carbocycles. The van der Waals surface area contributed by atoms with E-state index in [2.05, 4.69) is 19.3 Å². The molecule has 1 aliphatic rings. The van der Waals surface area contributed by atoms with E-state index >= 15 is 0 Å². The Balaban J connectivity index is 1.69. The number of rotatable bonds is 5. The smallest absolute Gasteiger partial charge is 0.211 e. The molecule has 146 valence electrons. The first-order valence-corrected chi connectivity index (χ1v) is 11.8. The van der Waals surface area contributed by atoms with Crippen LogP contribution in [0.5, 0.6) is 0 Å². The molecule has 1 atom stereocenters. The fraction of sp³-hybridized carbons (Fsp3) is 0.556. The van der Waals surface area contributed by atoms with Gasteiger partial charge < -0.3 is 9.67 Å². The van der Waals surface area contributed by atoms with Gasteiger partial charge in [-0.25, -0.2) is 18.1 Å². The van der Waals surface area contributed by atoms with Crippen LogP contribution < -0.4 is 4.72 Å². The minimum absolute atomic E-state index is 0.173. The van der Waals surface area contributed by atoms with Crippen LogP contribution in [0.25, 0.3) is 21.3 Å². The Labute approximate surface area is 162 Å². The lowest BCUT2D eigenvalue weighted by Crippen LogP contribution is -2.30. The first-order chi connectivity index (χ1) is 12.9. The van der Waals surface area contributed by atoms with Crippen molar-refractivity contribution >= 4 is 42.6 Å². The van der Waals surface area contributed by atoms with Gasteiger partial charge in [0.2, 0.25) is 10.0 Å². The number of aliphatic hydroxyl groups is 1. The van der Waals surface area contributed by atoms with Gasteiger partial charge in [0, 0.05) is 6.04 Å². The molecule has 0 aromatic carbocycles. The average molecular weight is 409 g/mol. The normalized spacial score (nSPS) is 22.5. The third kappa shape index (κ3) is 3.49. The van der Waals surface area contributed by atoms with Crippen molar-refractivity contribution in [2.24, 2.45) is 5.92 Å². The van der Waals surface area contributed by atoms with Crippen molar-refractivity contribution < 1.29 is 13.5 Å². The van der Waals surface area contributed by atoms with Crippen molar-refractivity contribution in [1.29, 1.82) is 0 Å². The van der Waals surface area contributed by atoms with Crippen molar-refractivity contribution in [3.05, 3.63) is 23.5 Å². The lowest BCUT2D eigenvalue weighted by atomic mass is 9.87. The van der Waals surface area contributed by atoms with Crippen molar-refractivity contribution in [2.45, 2.75) is 44.8 Å². The highest BCUT2D eigenvalue weighted by atomic mass is 32.2. The van der Waals surface area contributed by atoms with Crippen LogP contribution in [0.3, 0.4) is 0 Å². The number of thiophene rings is 1. The van der Waals surface area contributed by atoms with Gasteiger partial charge in [-0.1, -0.05) is 0 Å². The fourth-order valence-electron chi connectivity index (χ4n) is 4.12. The number of fused-ring (bicyclic) bond motifs is 3. The molecule has 0 spiro atoms. The Morgan fingerprint density at radius 2 is 2.07 bits per heavy atom. The second-order valence-electron chi connectivity index (χ2n) is 7.30. The Kier molecular flexibility index (Phi) is 4.96. The molecule has 3 aromatic heterocycles. The summed E-state index contributed by atoms with van der Waals surface area (Å²) in [4.78, 5) is 9.13. The van der Waals surface area contributed by atoms with Crippen LogP contribution in [0, 0.1) is 5.92 Å². The molecule has 9 heteroatoms. The largest absolute Gasteiger partial charge is 0.385 e. The quantitative estimate of drug-likeness (QED) is 0.676. The zero-order chi connectivity index (χ0) is 19.2. The molecule has 4 rings (SSSR count). The van der Waals surface area contributed by atoms with E-state index in [0.717, 1.165) is 46.9 Å². The van der Waals surface area contributed by atoms with Crippen LogP contribution in [-0.4, -0.2) is 40.9 Å². The molecule has 0 amide bonds. The van der Waals surface area contributed by atoms with Crippen molar-refractivity contribution in [1.82, 2.24) is 19.3 Å². The summed E-state index contributed by atoms with van der Waals surface area (Å²) in [5, 5.41) is 12.3. The van der Waals surface area contributed by atoms with Crippen molar-refractivity contribution in [3.63, 3.8) is 0 Å².